The molecule has 0 bridgehead atoms. The van der Waals surface area contributed by atoms with Gasteiger partial charge in [0.25, 0.3) is 0 Å². The molecule has 1 saturated heterocycles. The fourth-order valence-electron chi connectivity index (χ4n) is 2.79. The summed E-state index contributed by atoms with van der Waals surface area (Å²) in [6.07, 6.45) is 2.00. The highest BCUT2D eigenvalue weighted by Gasteiger charge is 2.28. The van der Waals surface area contributed by atoms with Crippen molar-refractivity contribution in [3.63, 3.8) is 0 Å². The maximum atomic E-state index is 11.8. The Hall–Kier alpha value is -1.68. The van der Waals surface area contributed by atoms with Crippen molar-refractivity contribution in [1.82, 2.24) is 0 Å². The van der Waals surface area contributed by atoms with E-state index in [1.54, 1.807) is 0 Å². The summed E-state index contributed by atoms with van der Waals surface area (Å²) in [5, 5.41) is 2.39. The van der Waals surface area contributed by atoms with Crippen LogP contribution in [0.25, 0.3) is 10.8 Å². The molecule has 0 unspecified atom stereocenters. The van der Waals surface area contributed by atoms with E-state index in [0.29, 0.717) is 16.6 Å². The lowest BCUT2D eigenvalue weighted by Crippen LogP contribution is -2.25. The molecule has 0 aliphatic carbocycles. The molecule has 0 N–H and O–H groups in total. The summed E-state index contributed by atoms with van der Waals surface area (Å²) in [6, 6.07) is 12.2. The lowest BCUT2D eigenvalue weighted by Gasteiger charge is -2.18. The molecule has 0 amide bonds. The maximum Gasteiger partial charge on any atom is 0.514 e. The first-order valence-corrected chi connectivity index (χ1v) is 9.60. The second kappa shape index (κ2) is 6.44. The van der Waals surface area contributed by atoms with E-state index in [4.69, 9.17) is 9.47 Å². The zero-order chi connectivity index (χ0) is 16.4. The van der Waals surface area contributed by atoms with Crippen LogP contribution >= 0.6 is 0 Å². The summed E-state index contributed by atoms with van der Waals surface area (Å²) >= 11 is 0. The molecular formula is C19H23O3S+. The predicted molar refractivity (Wildman–Crippen MR) is 95.4 cm³/mol. The third-order valence-corrected chi connectivity index (χ3v) is 6.29. The average molecular weight is 331 g/mol. The molecule has 1 heterocycles. The summed E-state index contributed by atoms with van der Waals surface area (Å²) in [6.45, 7) is 5.47. The Morgan fingerprint density at radius 2 is 1.83 bits per heavy atom. The van der Waals surface area contributed by atoms with Crippen molar-refractivity contribution in [3.05, 3.63) is 36.4 Å². The van der Waals surface area contributed by atoms with Crippen LogP contribution in [0.1, 0.15) is 33.6 Å². The number of fused-ring (bicyclic) bond motifs is 1. The Kier molecular flexibility index (Phi) is 4.53. The van der Waals surface area contributed by atoms with Crippen LogP contribution in [0.4, 0.5) is 4.79 Å². The van der Waals surface area contributed by atoms with Crippen LogP contribution in [0.3, 0.4) is 0 Å². The molecule has 3 nitrogen and oxygen atoms in total. The normalized spacial score (nSPS) is 15.8. The van der Waals surface area contributed by atoms with E-state index in [1.165, 1.54) is 34.6 Å². The minimum Gasteiger partial charge on any atom is -0.428 e. The molecule has 2 aromatic rings. The molecular weight excluding hydrogens is 308 g/mol. The fraction of sp³-hybridized carbons (Fsp3) is 0.421. The monoisotopic (exact) mass is 331 g/mol. The van der Waals surface area contributed by atoms with E-state index in [-0.39, 0.29) is 0 Å². The lowest BCUT2D eigenvalue weighted by atomic mass is 10.1. The van der Waals surface area contributed by atoms with Gasteiger partial charge < -0.3 is 9.47 Å². The molecule has 0 saturated carbocycles. The molecule has 0 aromatic heterocycles. The number of hydrogen-bond donors (Lipinski definition) is 0. The topological polar surface area (TPSA) is 35.5 Å². The van der Waals surface area contributed by atoms with Gasteiger partial charge in [-0.3, -0.25) is 0 Å². The Bertz CT molecular complexity index is 712. The predicted octanol–water partition coefficient (Wildman–Crippen LogP) is 4.92. The van der Waals surface area contributed by atoms with Gasteiger partial charge in [-0.1, -0.05) is 12.1 Å². The molecule has 23 heavy (non-hydrogen) atoms. The van der Waals surface area contributed by atoms with Gasteiger partial charge in [-0.2, -0.15) is 0 Å². The number of carbonyl (C=O) groups excluding carboxylic acids is 1. The highest BCUT2D eigenvalue weighted by Crippen LogP contribution is 2.31. The van der Waals surface area contributed by atoms with E-state index in [9.17, 15) is 4.79 Å². The van der Waals surface area contributed by atoms with E-state index in [1.807, 2.05) is 32.9 Å². The Morgan fingerprint density at radius 1 is 1.09 bits per heavy atom. The van der Waals surface area contributed by atoms with Crippen LogP contribution in [0, 0.1) is 0 Å². The Balaban J connectivity index is 1.84. The highest BCUT2D eigenvalue weighted by atomic mass is 32.2. The van der Waals surface area contributed by atoms with Crippen molar-refractivity contribution in [2.24, 2.45) is 0 Å². The third-order valence-electron chi connectivity index (χ3n) is 3.75. The summed E-state index contributed by atoms with van der Waals surface area (Å²) in [5.41, 5.74) is -0.551. The Morgan fingerprint density at radius 3 is 2.52 bits per heavy atom. The minimum absolute atomic E-state index is 0.372. The minimum atomic E-state index is -0.661. The van der Waals surface area contributed by atoms with Gasteiger partial charge in [-0.25, -0.2) is 4.79 Å². The summed E-state index contributed by atoms with van der Waals surface area (Å²) in [4.78, 5) is 13.2. The van der Waals surface area contributed by atoms with E-state index < -0.39 is 11.8 Å². The number of benzene rings is 2. The van der Waals surface area contributed by atoms with E-state index in [2.05, 4.69) is 24.3 Å². The van der Waals surface area contributed by atoms with Gasteiger partial charge in [0.1, 0.15) is 22.9 Å². The number of hydrogen-bond acceptors (Lipinski definition) is 3. The van der Waals surface area contributed by atoms with E-state index >= 15 is 0 Å². The molecule has 122 valence electrons. The molecule has 0 spiro atoms. The van der Waals surface area contributed by atoms with Crippen molar-refractivity contribution in [3.8, 4) is 5.75 Å². The van der Waals surface area contributed by atoms with Crippen LogP contribution in [-0.2, 0) is 15.6 Å². The first kappa shape index (κ1) is 16.2. The van der Waals surface area contributed by atoms with E-state index in [0.717, 1.165) is 5.39 Å². The maximum absolute atomic E-state index is 11.8. The smallest absolute Gasteiger partial charge is 0.428 e. The molecule has 4 heteroatoms. The van der Waals surface area contributed by atoms with Crippen molar-refractivity contribution >= 4 is 27.8 Å². The number of rotatable bonds is 2. The second-order valence-corrected chi connectivity index (χ2v) is 9.06. The molecule has 0 atom stereocenters. The number of ether oxygens (including phenoxy) is 2. The van der Waals surface area contributed by atoms with Gasteiger partial charge in [0.05, 0.1) is 0 Å². The zero-order valence-electron chi connectivity index (χ0n) is 13.9. The summed E-state index contributed by atoms with van der Waals surface area (Å²) in [7, 11) is 0.372. The van der Waals surface area contributed by atoms with Gasteiger partial charge in [-0.15, -0.1) is 0 Å². The molecule has 0 radical (unpaired) electrons. The SMILES string of the molecule is CC(C)(C)OC(=O)Oc1ccc2c([S+]3CCCC3)cccc2c1. The van der Waals surface area contributed by atoms with Crippen molar-refractivity contribution in [2.45, 2.75) is 44.1 Å². The van der Waals surface area contributed by atoms with Gasteiger partial charge in [0.2, 0.25) is 0 Å². The van der Waals surface area contributed by atoms with Crippen molar-refractivity contribution < 1.29 is 14.3 Å². The van der Waals surface area contributed by atoms with Crippen LogP contribution in [0.5, 0.6) is 5.75 Å². The lowest BCUT2D eigenvalue weighted by molar-refractivity contribution is 0.0206. The van der Waals surface area contributed by atoms with Crippen molar-refractivity contribution in [1.29, 1.82) is 0 Å². The van der Waals surface area contributed by atoms with Crippen LogP contribution < -0.4 is 4.74 Å². The molecule has 3 rings (SSSR count). The molecule has 1 aliphatic heterocycles. The standard InChI is InChI=1S/C19H23O3S/c1-19(2,3)22-18(20)21-15-9-10-16-14(13-15)7-6-8-17(16)23-11-4-5-12-23/h6-10,13H,4-5,11-12H2,1-3H3/q+1. The fourth-order valence-corrected chi connectivity index (χ4v) is 5.31. The highest BCUT2D eigenvalue weighted by molar-refractivity contribution is 7.97. The quantitative estimate of drug-likeness (QED) is 0.445. The van der Waals surface area contributed by atoms with Crippen LogP contribution in [0.15, 0.2) is 41.3 Å². The first-order valence-electron chi connectivity index (χ1n) is 8.03. The third kappa shape index (κ3) is 3.99. The molecule has 1 fully saturated rings. The molecule has 2 aromatic carbocycles. The Labute approximate surface area is 140 Å². The van der Waals surface area contributed by atoms with Crippen LogP contribution in [-0.4, -0.2) is 23.3 Å². The number of carbonyl (C=O) groups is 1. The van der Waals surface area contributed by atoms with Gasteiger partial charge in [-0.05, 0) is 63.3 Å². The zero-order valence-corrected chi connectivity index (χ0v) is 14.7. The molecule has 1 aliphatic rings. The second-order valence-electron chi connectivity index (χ2n) is 6.81. The average Bonchev–Trinajstić information content (AvgIpc) is 2.98. The summed E-state index contributed by atoms with van der Waals surface area (Å²) in [5.74, 6) is 3.13. The van der Waals surface area contributed by atoms with Crippen molar-refractivity contribution in [2.75, 3.05) is 11.5 Å². The van der Waals surface area contributed by atoms with Gasteiger partial charge in [0, 0.05) is 16.3 Å². The largest absolute Gasteiger partial charge is 0.514 e. The van der Waals surface area contributed by atoms with Crippen LogP contribution in [0.2, 0.25) is 0 Å². The first-order chi connectivity index (χ1) is 10.9. The van der Waals surface area contributed by atoms with Gasteiger partial charge >= 0.3 is 6.16 Å². The summed E-state index contributed by atoms with van der Waals surface area (Å²) < 4.78 is 10.5. The van der Waals surface area contributed by atoms with Gasteiger partial charge in [0.15, 0.2) is 4.90 Å².